The molecule has 34 heavy (non-hydrogen) atoms. The highest BCUT2D eigenvalue weighted by molar-refractivity contribution is 5.76. The second-order valence-corrected chi connectivity index (χ2v) is 9.20. The lowest BCUT2D eigenvalue weighted by Crippen LogP contribution is -2.63. The summed E-state index contributed by atoms with van der Waals surface area (Å²) in [5.74, 6) is -0.194. The van der Waals surface area contributed by atoms with Crippen molar-refractivity contribution in [2.24, 2.45) is 5.73 Å². The van der Waals surface area contributed by atoms with Crippen molar-refractivity contribution in [1.29, 1.82) is 0 Å². The fourth-order valence-electron chi connectivity index (χ4n) is 4.09. The largest absolute Gasteiger partial charge is 0.394 e. The maximum absolute atomic E-state index is 12.1. The first-order chi connectivity index (χ1) is 16.4. The number of hydrogen-bond acceptors (Lipinski definition) is 8. The molecule has 200 valence electrons. The van der Waals surface area contributed by atoms with E-state index in [-0.39, 0.29) is 11.8 Å². The summed E-state index contributed by atoms with van der Waals surface area (Å²) in [4.78, 5) is 23.5. The maximum atomic E-state index is 12.1. The van der Waals surface area contributed by atoms with Gasteiger partial charge >= 0.3 is 0 Å². The van der Waals surface area contributed by atoms with E-state index in [0.29, 0.717) is 25.9 Å². The maximum Gasteiger partial charge on any atom is 0.222 e. The number of unbranched alkanes of at least 4 members (excludes halogenated alkanes) is 11. The first-order valence-electron chi connectivity index (χ1n) is 13.0. The zero-order valence-electron chi connectivity index (χ0n) is 20.5. The molecule has 2 amide bonds. The molecule has 1 heterocycles. The third-order valence-corrected chi connectivity index (χ3v) is 6.22. The number of amides is 2. The average molecular weight is 490 g/mol. The van der Waals surface area contributed by atoms with E-state index in [4.69, 9.17) is 10.5 Å². The minimum absolute atomic E-state index is 0.0971. The Kier molecular flexibility index (Phi) is 17.1. The minimum atomic E-state index is -1.49. The van der Waals surface area contributed by atoms with Gasteiger partial charge in [-0.3, -0.25) is 9.59 Å². The van der Waals surface area contributed by atoms with Gasteiger partial charge in [0.05, 0.1) is 6.61 Å². The van der Waals surface area contributed by atoms with Crippen molar-refractivity contribution in [3.05, 3.63) is 0 Å². The van der Waals surface area contributed by atoms with Crippen LogP contribution in [0.4, 0.5) is 0 Å². The highest BCUT2D eigenvalue weighted by Gasteiger charge is 2.43. The number of ether oxygens (including phenoxy) is 1. The standard InChI is InChI=1S/C24H47N3O7/c25-15-16-26-19(29)13-11-9-7-5-3-1-2-4-6-8-10-12-14-20(30)27-24-23(33)22(32)21(31)18(17-28)34-24/h18,21-24,28,31-33H,1-17,25H2,(H,26,29)(H,27,30)/t18-,21-,22+,23-,24-/m1/s1. The van der Waals surface area contributed by atoms with Crippen molar-refractivity contribution in [1.82, 2.24) is 10.6 Å². The fourth-order valence-corrected chi connectivity index (χ4v) is 4.09. The SMILES string of the molecule is NCCNC(=O)CCCCCCCCCCCCCCC(=O)N[C@@H]1O[C@H](CO)[C@@H](O)[C@H](O)[C@H]1O. The van der Waals surface area contributed by atoms with Crippen LogP contribution in [0.2, 0.25) is 0 Å². The van der Waals surface area contributed by atoms with Gasteiger partial charge in [0.15, 0.2) is 6.23 Å². The summed E-state index contributed by atoms with van der Waals surface area (Å²) in [5.41, 5.74) is 5.35. The number of carbonyl (C=O) groups is 2. The van der Waals surface area contributed by atoms with Gasteiger partial charge in [-0.25, -0.2) is 0 Å². The molecule has 0 unspecified atom stereocenters. The normalized spacial score (nSPS) is 24.7. The predicted octanol–water partition coefficient (Wildman–Crippen LogP) is 0.439. The van der Waals surface area contributed by atoms with E-state index in [1.54, 1.807) is 0 Å². The predicted molar refractivity (Wildman–Crippen MR) is 129 cm³/mol. The van der Waals surface area contributed by atoms with Gasteiger partial charge in [-0.1, -0.05) is 64.2 Å². The summed E-state index contributed by atoms with van der Waals surface area (Å²) >= 11 is 0. The molecule has 1 fully saturated rings. The molecule has 0 aromatic heterocycles. The number of nitrogens with one attached hydrogen (secondary N) is 2. The Bertz CT molecular complexity index is 551. The van der Waals surface area contributed by atoms with Crippen molar-refractivity contribution in [2.75, 3.05) is 19.7 Å². The lowest BCUT2D eigenvalue weighted by Gasteiger charge is -2.40. The lowest BCUT2D eigenvalue weighted by atomic mass is 9.98. The Morgan fingerprint density at radius 1 is 0.706 bits per heavy atom. The van der Waals surface area contributed by atoms with Gasteiger partial charge in [0.2, 0.25) is 11.8 Å². The third kappa shape index (κ3) is 13.0. The highest BCUT2D eigenvalue weighted by Crippen LogP contribution is 2.20. The quantitative estimate of drug-likeness (QED) is 0.128. The van der Waals surface area contributed by atoms with Crippen LogP contribution in [0.15, 0.2) is 0 Å². The van der Waals surface area contributed by atoms with Gasteiger partial charge in [-0.15, -0.1) is 0 Å². The van der Waals surface area contributed by atoms with Gasteiger partial charge in [-0.2, -0.15) is 0 Å². The molecule has 0 saturated carbocycles. The monoisotopic (exact) mass is 489 g/mol. The van der Waals surface area contributed by atoms with E-state index in [9.17, 15) is 30.0 Å². The van der Waals surface area contributed by atoms with Gasteiger partial charge in [0, 0.05) is 25.9 Å². The molecule has 1 aliphatic rings. The van der Waals surface area contributed by atoms with Crippen molar-refractivity contribution in [3.8, 4) is 0 Å². The fraction of sp³-hybridized carbons (Fsp3) is 0.917. The molecular weight excluding hydrogens is 442 g/mol. The Balaban J connectivity index is 1.92. The molecule has 1 saturated heterocycles. The first-order valence-corrected chi connectivity index (χ1v) is 13.0. The van der Waals surface area contributed by atoms with Crippen molar-refractivity contribution >= 4 is 11.8 Å². The smallest absolute Gasteiger partial charge is 0.222 e. The van der Waals surface area contributed by atoms with Crippen molar-refractivity contribution in [3.63, 3.8) is 0 Å². The van der Waals surface area contributed by atoms with Gasteiger partial charge < -0.3 is 41.5 Å². The molecule has 0 radical (unpaired) electrons. The van der Waals surface area contributed by atoms with Crippen LogP contribution in [-0.2, 0) is 14.3 Å². The number of nitrogens with two attached hydrogens (primary N) is 1. The van der Waals surface area contributed by atoms with Gasteiger partial charge in [-0.05, 0) is 12.8 Å². The summed E-state index contributed by atoms with van der Waals surface area (Å²) in [6.07, 6.45) is 7.55. The van der Waals surface area contributed by atoms with E-state index in [1.807, 2.05) is 0 Å². The number of aliphatic hydroxyl groups is 4. The van der Waals surface area contributed by atoms with E-state index in [1.165, 1.54) is 38.5 Å². The molecule has 1 rings (SSSR count). The zero-order valence-corrected chi connectivity index (χ0v) is 20.5. The van der Waals surface area contributed by atoms with E-state index < -0.39 is 37.3 Å². The summed E-state index contributed by atoms with van der Waals surface area (Å²) in [5, 5.41) is 44.0. The molecule has 0 bridgehead atoms. The van der Waals surface area contributed by atoms with E-state index in [0.717, 1.165) is 38.5 Å². The Morgan fingerprint density at radius 3 is 1.65 bits per heavy atom. The van der Waals surface area contributed by atoms with Crippen LogP contribution in [-0.4, -0.2) is 82.6 Å². The number of carbonyl (C=O) groups excluding carboxylic acids is 2. The molecule has 10 nitrogen and oxygen atoms in total. The second kappa shape index (κ2) is 19.0. The molecule has 8 N–H and O–H groups in total. The van der Waals surface area contributed by atoms with Crippen LogP contribution in [0.3, 0.4) is 0 Å². The molecule has 0 aromatic rings. The molecule has 0 aromatic carbocycles. The van der Waals surface area contributed by atoms with Crippen LogP contribution in [0, 0.1) is 0 Å². The molecule has 0 aliphatic carbocycles. The zero-order chi connectivity index (χ0) is 25.2. The lowest BCUT2D eigenvalue weighted by molar-refractivity contribution is -0.236. The summed E-state index contributed by atoms with van der Waals surface area (Å²) in [6.45, 7) is 0.518. The van der Waals surface area contributed by atoms with Crippen LogP contribution >= 0.6 is 0 Å². The Labute approximate surface area is 203 Å². The first kappa shape index (κ1) is 30.7. The van der Waals surface area contributed by atoms with E-state index >= 15 is 0 Å². The highest BCUT2D eigenvalue weighted by atomic mass is 16.6. The summed E-state index contributed by atoms with van der Waals surface area (Å²) in [7, 11) is 0. The second-order valence-electron chi connectivity index (χ2n) is 9.20. The number of aliphatic hydroxyl groups excluding tert-OH is 4. The topological polar surface area (TPSA) is 174 Å². The molecule has 10 heteroatoms. The molecule has 1 aliphatic heterocycles. The van der Waals surface area contributed by atoms with Crippen LogP contribution in [0.5, 0.6) is 0 Å². The summed E-state index contributed by atoms with van der Waals surface area (Å²) in [6, 6.07) is 0. The number of rotatable bonds is 19. The van der Waals surface area contributed by atoms with E-state index in [2.05, 4.69) is 10.6 Å². The molecular formula is C24H47N3O7. The van der Waals surface area contributed by atoms with Crippen molar-refractivity contribution in [2.45, 2.75) is 121 Å². The van der Waals surface area contributed by atoms with Crippen molar-refractivity contribution < 1.29 is 34.8 Å². The average Bonchev–Trinajstić information content (AvgIpc) is 2.83. The molecule has 5 atom stereocenters. The van der Waals surface area contributed by atoms with Crippen LogP contribution < -0.4 is 16.4 Å². The summed E-state index contributed by atoms with van der Waals surface area (Å²) < 4.78 is 5.28. The Morgan fingerprint density at radius 2 is 1.18 bits per heavy atom. The van der Waals surface area contributed by atoms with Gasteiger partial charge in [0.25, 0.3) is 0 Å². The number of hydrogen-bond donors (Lipinski definition) is 7. The van der Waals surface area contributed by atoms with Gasteiger partial charge in [0.1, 0.15) is 24.4 Å². The molecule has 0 spiro atoms. The van der Waals surface area contributed by atoms with Crippen LogP contribution in [0.1, 0.15) is 89.9 Å². The van der Waals surface area contributed by atoms with Crippen LogP contribution in [0.25, 0.3) is 0 Å². The minimum Gasteiger partial charge on any atom is -0.394 e. The Hall–Kier alpha value is -1.30. The third-order valence-electron chi connectivity index (χ3n) is 6.22.